The lowest BCUT2D eigenvalue weighted by Crippen LogP contribution is -2.32. The third-order valence-electron chi connectivity index (χ3n) is 5.58. The predicted molar refractivity (Wildman–Crippen MR) is 116 cm³/mol. The highest BCUT2D eigenvalue weighted by molar-refractivity contribution is 7.99. The molecule has 0 bridgehead atoms. The molecule has 5 nitrogen and oxygen atoms in total. The molecule has 0 N–H and O–H groups in total. The predicted octanol–water partition coefficient (Wildman–Crippen LogP) is 4.72. The Morgan fingerprint density at radius 1 is 1.10 bits per heavy atom. The maximum absolute atomic E-state index is 12.4. The molecule has 150 valence electrons. The van der Waals surface area contributed by atoms with Crippen molar-refractivity contribution in [3.63, 3.8) is 0 Å². The van der Waals surface area contributed by atoms with E-state index < -0.39 is 0 Å². The Labute approximate surface area is 178 Å². The Kier molecular flexibility index (Phi) is 5.42. The van der Waals surface area contributed by atoms with Gasteiger partial charge in [-0.25, -0.2) is 9.97 Å². The van der Waals surface area contributed by atoms with E-state index in [0.717, 1.165) is 59.3 Å². The highest BCUT2D eigenvalue weighted by Crippen LogP contribution is 2.42. The third-order valence-corrected chi connectivity index (χ3v) is 7.84. The highest BCUT2D eigenvalue weighted by atomic mass is 32.2. The molecule has 1 aliphatic carbocycles. The standard InChI is InChI=1S/C22H23N3O2S2/c26-19(25-11-5-6-12-25)13-27-16-8-2-4-10-18(16)29-22-20-15-7-1-3-9-17(15)28-21(20)23-14-24-22/h2,4,8,10,14H,1,3,5-7,9,11-13H2. The van der Waals surface area contributed by atoms with Gasteiger partial charge in [0, 0.05) is 23.4 Å². The van der Waals surface area contributed by atoms with Crippen LogP contribution in [0.4, 0.5) is 0 Å². The SMILES string of the molecule is O=C(COc1ccccc1Sc1ncnc2sc3c(c12)CCCC3)N1CCCC1. The first-order chi connectivity index (χ1) is 14.3. The van der Waals surface area contributed by atoms with Crippen LogP contribution in [0.5, 0.6) is 5.75 Å². The number of thiophene rings is 1. The molecule has 0 radical (unpaired) electrons. The maximum Gasteiger partial charge on any atom is 0.260 e. The van der Waals surface area contributed by atoms with E-state index in [2.05, 4.69) is 9.97 Å². The number of hydrogen-bond donors (Lipinski definition) is 0. The van der Waals surface area contributed by atoms with Crippen molar-refractivity contribution < 1.29 is 9.53 Å². The summed E-state index contributed by atoms with van der Waals surface area (Å²) in [5.41, 5.74) is 1.43. The van der Waals surface area contributed by atoms with Crippen LogP contribution in [0.25, 0.3) is 10.2 Å². The van der Waals surface area contributed by atoms with Gasteiger partial charge in [0.15, 0.2) is 6.61 Å². The summed E-state index contributed by atoms with van der Waals surface area (Å²) in [5.74, 6) is 0.805. The molecule has 2 aromatic heterocycles. The number of amides is 1. The molecule has 7 heteroatoms. The first-order valence-corrected chi connectivity index (χ1v) is 11.9. The van der Waals surface area contributed by atoms with Gasteiger partial charge in [-0.2, -0.15) is 0 Å². The van der Waals surface area contributed by atoms with Crippen LogP contribution in [0.15, 0.2) is 40.5 Å². The number of benzene rings is 1. The van der Waals surface area contributed by atoms with Crippen LogP contribution in [0.2, 0.25) is 0 Å². The summed E-state index contributed by atoms with van der Waals surface area (Å²) in [7, 11) is 0. The second kappa shape index (κ2) is 8.32. The van der Waals surface area contributed by atoms with Gasteiger partial charge in [0.25, 0.3) is 5.91 Å². The summed E-state index contributed by atoms with van der Waals surface area (Å²) < 4.78 is 5.94. The van der Waals surface area contributed by atoms with Crippen molar-refractivity contribution in [1.29, 1.82) is 0 Å². The fourth-order valence-electron chi connectivity index (χ4n) is 4.09. The molecule has 29 heavy (non-hydrogen) atoms. The number of fused-ring (bicyclic) bond motifs is 3. The van der Waals surface area contributed by atoms with E-state index in [1.54, 1.807) is 18.1 Å². The van der Waals surface area contributed by atoms with E-state index in [4.69, 9.17) is 4.74 Å². The number of carbonyl (C=O) groups excluding carboxylic acids is 1. The van der Waals surface area contributed by atoms with Crippen molar-refractivity contribution in [2.45, 2.75) is 48.4 Å². The fraction of sp³-hybridized carbons (Fsp3) is 0.409. The first kappa shape index (κ1) is 18.9. The lowest BCUT2D eigenvalue weighted by Gasteiger charge is -2.17. The van der Waals surface area contributed by atoms with Crippen LogP contribution < -0.4 is 4.74 Å². The number of likely N-dealkylation sites (tertiary alicyclic amines) is 1. The van der Waals surface area contributed by atoms with Gasteiger partial charge in [-0.05, 0) is 56.2 Å². The van der Waals surface area contributed by atoms with E-state index in [9.17, 15) is 4.79 Å². The normalized spacial score (nSPS) is 16.2. The lowest BCUT2D eigenvalue weighted by molar-refractivity contribution is -0.132. The summed E-state index contributed by atoms with van der Waals surface area (Å²) in [6, 6.07) is 7.91. The Hall–Kier alpha value is -2.12. The van der Waals surface area contributed by atoms with Gasteiger partial charge >= 0.3 is 0 Å². The fourth-order valence-corrected chi connectivity index (χ4v) is 6.39. The summed E-state index contributed by atoms with van der Waals surface area (Å²) in [5, 5.41) is 2.19. The van der Waals surface area contributed by atoms with Crippen LogP contribution in [0.1, 0.15) is 36.1 Å². The van der Waals surface area contributed by atoms with E-state index in [0.29, 0.717) is 0 Å². The average molecular weight is 426 g/mol. The molecule has 3 heterocycles. The molecule has 2 aliphatic rings. The summed E-state index contributed by atoms with van der Waals surface area (Å²) >= 11 is 3.42. The minimum Gasteiger partial charge on any atom is -0.483 e. The quantitative estimate of drug-likeness (QED) is 0.554. The van der Waals surface area contributed by atoms with Crippen molar-refractivity contribution >= 4 is 39.2 Å². The van der Waals surface area contributed by atoms with Gasteiger partial charge in [-0.1, -0.05) is 23.9 Å². The Balaban J connectivity index is 1.40. The Morgan fingerprint density at radius 3 is 2.83 bits per heavy atom. The Morgan fingerprint density at radius 2 is 1.93 bits per heavy atom. The number of hydrogen-bond acceptors (Lipinski definition) is 6. The molecule has 5 rings (SSSR count). The van der Waals surface area contributed by atoms with Crippen LogP contribution in [0.3, 0.4) is 0 Å². The summed E-state index contributed by atoms with van der Waals surface area (Å²) in [6.45, 7) is 1.78. The van der Waals surface area contributed by atoms with E-state index in [-0.39, 0.29) is 12.5 Å². The topological polar surface area (TPSA) is 55.3 Å². The number of rotatable bonds is 5. The minimum atomic E-state index is 0.0682. The van der Waals surface area contributed by atoms with Gasteiger partial charge in [-0.3, -0.25) is 4.79 Å². The van der Waals surface area contributed by atoms with E-state index >= 15 is 0 Å². The number of aryl methyl sites for hydroxylation is 2. The minimum absolute atomic E-state index is 0.0682. The number of ether oxygens (including phenoxy) is 1. The van der Waals surface area contributed by atoms with Gasteiger partial charge in [-0.15, -0.1) is 11.3 Å². The molecule has 0 atom stereocenters. The molecule has 1 saturated heterocycles. The second-order valence-corrected chi connectivity index (χ2v) is 9.61. The average Bonchev–Trinajstić information content (AvgIpc) is 3.41. The molecule has 1 aliphatic heterocycles. The number of nitrogens with zero attached hydrogens (tertiary/aromatic N) is 3. The lowest BCUT2D eigenvalue weighted by atomic mass is 9.97. The smallest absolute Gasteiger partial charge is 0.260 e. The van der Waals surface area contributed by atoms with Crippen LogP contribution in [0, 0.1) is 0 Å². The van der Waals surface area contributed by atoms with E-state index in [1.807, 2.05) is 40.5 Å². The van der Waals surface area contributed by atoms with Gasteiger partial charge < -0.3 is 9.64 Å². The first-order valence-electron chi connectivity index (χ1n) is 10.2. The van der Waals surface area contributed by atoms with Crippen molar-refractivity contribution in [3.8, 4) is 5.75 Å². The maximum atomic E-state index is 12.4. The van der Waals surface area contributed by atoms with Crippen molar-refractivity contribution in [1.82, 2.24) is 14.9 Å². The molecule has 1 fully saturated rings. The Bertz CT molecular complexity index is 1040. The van der Waals surface area contributed by atoms with Crippen molar-refractivity contribution in [2.24, 2.45) is 0 Å². The second-order valence-electron chi connectivity index (χ2n) is 7.50. The zero-order chi connectivity index (χ0) is 19.6. The molecule has 0 saturated carbocycles. The van der Waals surface area contributed by atoms with Gasteiger partial charge in [0.2, 0.25) is 0 Å². The molecular formula is C22H23N3O2S2. The van der Waals surface area contributed by atoms with Crippen molar-refractivity contribution in [3.05, 3.63) is 41.0 Å². The number of carbonyl (C=O) groups is 1. The van der Waals surface area contributed by atoms with Crippen LogP contribution in [-0.2, 0) is 17.6 Å². The van der Waals surface area contributed by atoms with E-state index in [1.165, 1.54) is 28.7 Å². The number of para-hydroxylation sites is 1. The van der Waals surface area contributed by atoms with Crippen LogP contribution in [-0.4, -0.2) is 40.5 Å². The molecule has 1 aromatic carbocycles. The zero-order valence-corrected chi connectivity index (χ0v) is 17.9. The highest BCUT2D eigenvalue weighted by Gasteiger charge is 2.22. The molecular weight excluding hydrogens is 402 g/mol. The van der Waals surface area contributed by atoms with Crippen molar-refractivity contribution in [2.75, 3.05) is 19.7 Å². The summed E-state index contributed by atoms with van der Waals surface area (Å²) in [6.07, 6.45) is 8.60. The number of aromatic nitrogens is 2. The zero-order valence-electron chi connectivity index (χ0n) is 16.2. The van der Waals surface area contributed by atoms with Crippen LogP contribution >= 0.6 is 23.1 Å². The molecule has 1 amide bonds. The summed E-state index contributed by atoms with van der Waals surface area (Å²) in [4.78, 5) is 26.9. The third kappa shape index (κ3) is 3.85. The van der Waals surface area contributed by atoms with Gasteiger partial charge in [0.1, 0.15) is 21.9 Å². The monoisotopic (exact) mass is 425 g/mol. The molecule has 0 unspecified atom stereocenters. The molecule has 3 aromatic rings. The largest absolute Gasteiger partial charge is 0.483 e. The molecule has 0 spiro atoms. The van der Waals surface area contributed by atoms with Gasteiger partial charge in [0.05, 0.1) is 4.90 Å².